The van der Waals surface area contributed by atoms with Crippen molar-refractivity contribution >= 4 is 22.6 Å². The first kappa shape index (κ1) is 12.7. The third-order valence-electron chi connectivity index (χ3n) is 2.19. The Morgan fingerprint density at radius 1 is 1.50 bits per heavy atom. The lowest BCUT2D eigenvalue weighted by atomic mass is 10.0. The van der Waals surface area contributed by atoms with Crippen LogP contribution in [0, 0.1) is 5.92 Å². The molecule has 16 heavy (non-hydrogen) atoms. The molecule has 1 aromatic heterocycles. The number of aromatic nitrogens is 2. The van der Waals surface area contributed by atoms with Gasteiger partial charge < -0.3 is 15.7 Å². The van der Waals surface area contributed by atoms with Gasteiger partial charge in [-0.1, -0.05) is 25.2 Å². The highest BCUT2D eigenvalue weighted by Crippen LogP contribution is 2.17. The minimum Gasteiger partial charge on any atom is -0.465 e. The molecule has 1 amide bonds. The lowest BCUT2D eigenvalue weighted by Crippen LogP contribution is -2.39. The molecule has 0 spiro atoms. The molecule has 1 rings (SSSR count). The Bertz CT molecular complexity index is 353. The molecule has 0 aliphatic carbocycles. The fraction of sp³-hybridized carbons (Fsp3) is 0.667. The molecule has 1 heterocycles. The molecule has 0 radical (unpaired) electrons. The fourth-order valence-corrected chi connectivity index (χ4v) is 1.99. The van der Waals surface area contributed by atoms with E-state index in [2.05, 4.69) is 20.8 Å². The highest BCUT2D eigenvalue weighted by atomic mass is 32.1. The Kier molecular flexibility index (Phi) is 4.48. The molecule has 3 N–H and O–H groups in total. The smallest absolute Gasteiger partial charge is 0.404 e. The van der Waals surface area contributed by atoms with Crippen molar-refractivity contribution in [1.29, 1.82) is 0 Å². The van der Waals surface area contributed by atoms with E-state index >= 15 is 0 Å². The standard InChI is InChI=1S/C9H16N4O2S/c1-5(2)6(11-9(14)15)4-7-12-13-8(10-3)16-7/h5-6,11H,4H2,1-3H3,(H,10,13)(H,14,15)/t6-/m0/s1. The summed E-state index contributed by atoms with van der Waals surface area (Å²) < 4.78 is 0. The van der Waals surface area contributed by atoms with Crippen molar-refractivity contribution in [3.63, 3.8) is 0 Å². The van der Waals surface area contributed by atoms with E-state index in [0.717, 1.165) is 10.1 Å². The van der Waals surface area contributed by atoms with Gasteiger partial charge in [-0.25, -0.2) is 4.79 Å². The van der Waals surface area contributed by atoms with Gasteiger partial charge in [0.15, 0.2) is 0 Å². The van der Waals surface area contributed by atoms with E-state index in [4.69, 9.17) is 5.11 Å². The predicted molar refractivity (Wildman–Crippen MR) is 62.9 cm³/mol. The maximum atomic E-state index is 10.6. The summed E-state index contributed by atoms with van der Waals surface area (Å²) in [6.07, 6.45) is -0.430. The Labute approximate surface area is 98.1 Å². The second-order valence-electron chi connectivity index (χ2n) is 3.76. The lowest BCUT2D eigenvalue weighted by molar-refractivity contribution is 0.185. The van der Waals surface area contributed by atoms with Crippen LogP contribution >= 0.6 is 11.3 Å². The van der Waals surface area contributed by atoms with E-state index in [1.54, 1.807) is 7.05 Å². The third-order valence-corrected chi connectivity index (χ3v) is 3.15. The Morgan fingerprint density at radius 2 is 2.19 bits per heavy atom. The molecule has 0 aromatic carbocycles. The van der Waals surface area contributed by atoms with Gasteiger partial charge in [0.25, 0.3) is 0 Å². The van der Waals surface area contributed by atoms with Crippen molar-refractivity contribution in [2.45, 2.75) is 26.3 Å². The summed E-state index contributed by atoms with van der Waals surface area (Å²) in [6, 6.07) is -0.129. The predicted octanol–water partition coefficient (Wildman–Crippen LogP) is 1.41. The van der Waals surface area contributed by atoms with E-state index in [1.807, 2.05) is 13.8 Å². The molecule has 6 nitrogen and oxygen atoms in total. The summed E-state index contributed by atoms with van der Waals surface area (Å²) in [6.45, 7) is 3.95. The molecule has 1 atom stereocenters. The van der Waals surface area contributed by atoms with Gasteiger partial charge in [-0.3, -0.25) is 0 Å². The highest BCUT2D eigenvalue weighted by Gasteiger charge is 2.18. The zero-order valence-corrected chi connectivity index (χ0v) is 10.3. The van der Waals surface area contributed by atoms with Crippen LogP contribution in [-0.4, -0.2) is 34.5 Å². The van der Waals surface area contributed by atoms with Crippen LogP contribution in [-0.2, 0) is 6.42 Å². The van der Waals surface area contributed by atoms with Gasteiger partial charge in [-0.05, 0) is 5.92 Å². The van der Waals surface area contributed by atoms with Crippen molar-refractivity contribution < 1.29 is 9.90 Å². The highest BCUT2D eigenvalue weighted by molar-refractivity contribution is 7.15. The number of amides is 1. The van der Waals surface area contributed by atoms with E-state index in [9.17, 15) is 4.79 Å². The molecule has 0 aliphatic heterocycles. The first-order chi connectivity index (χ1) is 7.52. The molecule has 0 bridgehead atoms. The number of carboxylic acid groups (broad SMARTS) is 1. The van der Waals surface area contributed by atoms with Crippen LogP contribution in [0.1, 0.15) is 18.9 Å². The average molecular weight is 244 g/mol. The summed E-state index contributed by atoms with van der Waals surface area (Å²) in [5.74, 6) is 0.220. The molecule has 1 aromatic rings. The van der Waals surface area contributed by atoms with Gasteiger partial charge in [0.1, 0.15) is 5.01 Å². The van der Waals surface area contributed by atoms with E-state index in [-0.39, 0.29) is 12.0 Å². The zero-order chi connectivity index (χ0) is 12.1. The van der Waals surface area contributed by atoms with Crippen LogP contribution in [0.5, 0.6) is 0 Å². The number of nitrogens with zero attached hydrogens (tertiary/aromatic N) is 2. The minimum absolute atomic E-state index is 0.129. The average Bonchev–Trinajstić information content (AvgIpc) is 2.63. The van der Waals surface area contributed by atoms with Gasteiger partial charge in [0.2, 0.25) is 5.13 Å². The van der Waals surface area contributed by atoms with Crippen molar-refractivity contribution in [2.24, 2.45) is 5.92 Å². The maximum Gasteiger partial charge on any atom is 0.404 e. The van der Waals surface area contributed by atoms with Crippen molar-refractivity contribution in [3.05, 3.63) is 5.01 Å². The van der Waals surface area contributed by atoms with Crippen molar-refractivity contribution in [2.75, 3.05) is 12.4 Å². The monoisotopic (exact) mass is 244 g/mol. The van der Waals surface area contributed by atoms with Crippen molar-refractivity contribution in [1.82, 2.24) is 15.5 Å². The minimum atomic E-state index is -1.00. The van der Waals surface area contributed by atoms with Crippen LogP contribution in [0.25, 0.3) is 0 Å². The molecular formula is C9H16N4O2S. The second-order valence-corrected chi connectivity index (χ2v) is 4.82. The SMILES string of the molecule is CNc1nnc(C[C@H](NC(=O)O)C(C)C)s1. The lowest BCUT2D eigenvalue weighted by Gasteiger charge is -2.18. The fourth-order valence-electron chi connectivity index (χ4n) is 1.24. The molecular weight excluding hydrogens is 228 g/mol. The van der Waals surface area contributed by atoms with Crippen LogP contribution in [0.4, 0.5) is 9.93 Å². The van der Waals surface area contributed by atoms with Gasteiger partial charge in [0.05, 0.1) is 0 Å². The normalized spacial score (nSPS) is 12.5. The molecule has 90 valence electrons. The van der Waals surface area contributed by atoms with Gasteiger partial charge in [0, 0.05) is 19.5 Å². The number of anilines is 1. The molecule has 0 aliphatic rings. The summed E-state index contributed by atoms with van der Waals surface area (Å²) >= 11 is 1.44. The zero-order valence-electron chi connectivity index (χ0n) is 9.52. The summed E-state index contributed by atoms with van der Waals surface area (Å²) in [5.41, 5.74) is 0. The quantitative estimate of drug-likeness (QED) is 0.729. The van der Waals surface area contributed by atoms with Gasteiger partial charge in [-0.15, -0.1) is 10.2 Å². The number of hydrogen-bond donors (Lipinski definition) is 3. The van der Waals surface area contributed by atoms with E-state index in [0.29, 0.717) is 6.42 Å². The molecule has 0 unspecified atom stereocenters. The Hall–Kier alpha value is -1.37. The van der Waals surface area contributed by atoms with Crippen LogP contribution in [0.15, 0.2) is 0 Å². The topological polar surface area (TPSA) is 87.1 Å². The maximum absolute atomic E-state index is 10.6. The molecule has 7 heteroatoms. The largest absolute Gasteiger partial charge is 0.465 e. The third kappa shape index (κ3) is 3.65. The number of carbonyl (C=O) groups is 1. The van der Waals surface area contributed by atoms with E-state index < -0.39 is 6.09 Å². The number of nitrogens with one attached hydrogen (secondary N) is 2. The van der Waals surface area contributed by atoms with Crippen LogP contribution in [0.2, 0.25) is 0 Å². The number of rotatable bonds is 5. The molecule has 0 saturated carbocycles. The summed E-state index contributed by atoms with van der Waals surface area (Å²) in [4.78, 5) is 10.6. The van der Waals surface area contributed by atoms with Crippen LogP contribution < -0.4 is 10.6 Å². The van der Waals surface area contributed by atoms with E-state index in [1.165, 1.54) is 11.3 Å². The first-order valence-electron chi connectivity index (χ1n) is 5.02. The summed E-state index contributed by atoms with van der Waals surface area (Å²) in [7, 11) is 1.78. The van der Waals surface area contributed by atoms with Gasteiger partial charge >= 0.3 is 6.09 Å². The number of hydrogen-bond acceptors (Lipinski definition) is 5. The second kappa shape index (κ2) is 5.64. The van der Waals surface area contributed by atoms with Crippen LogP contribution in [0.3, 0.4) is 0 Å². The summed E-state index contributed by atoms with van der Waals surface area (Å²) in [5, 5.41) is 23.6. The Morgan fingerprint density at radius 3 is 2.62 bits per heavy atom. The first-order valence-corrected chi connectivity index (χ1v) is 5.84. The van der Waals surface area contributed by atoms with Crippen molar-refractivity contribution in [3.8, 4) is 0 Å². The molecule has 0 saturated heterocycles. The molecule has 0 fully saturated rings. The Balaban J connectivity index is 2.63. The van der Waals surface area contributed by atoms with Gasteiger partial charge in [-0.2, -0.15) is 0 Å².